The molecule has 1 fully saturated rings. The van der Waals surface area contributed by atoms with Crippen LogP contribution >= 0.6 is 0 Å². The van der Waals surface area contributed by atoms with Crippen molar-refractivity contribution < 1.29 is 19.4 Å². The summed E-state index contributed by atoms with van der Waals surface area (Å²) < 4.78 is 11.0. The van der Waals surface area contributed by atoms with Gasteiger partial charge in [-0.25, -0.2) is 4.79 Å². The molecule has 14 heavy (non-hydrogen) atoms. The van der Waals surface area contributed by atoms with Crippen molar-refractivity contribution in [3.8, 4) is 0 Å². The van der Waals surface area contributed by atoms with Crippen LogP contribution in [-0.2, 0) is 14.3 Å². The lowest BCUT2D eigenvalue weighted by molar-refractivity contribution is -0.150. The minimum absolute atomic E-state index is 0.240. The van der Waals surface area contributed by atoms with Gasteiger partial charge in [0.25, 0.3) is 0 Å². The van der Waals surface area contributed by atoms with Crippen molar-refractivity contribution in [2.24, 2.45) is 0 Å². The van der Waals surface area contributed by atoms with E-state index in [1.165, 1.54) is 0 Å². The van der Waals surface area contributed by atoms with E-state index >= 15 is 0 Å². The Morgan fingerprint density at radius 2 is 2.36 bits per heavy atom. The van der Waals surface area contributed by atoms with Gasteiger partial charge in [-0.2, -0.15) is 0 Å². The van der Waals surface area contributed by atoms with Crippen LogP contribution in [0.3, 0.4) is 0 Å². The molecular formula is C10H16O4. The molecule has 80 valence electrons. The molecular weight excluding hydrogens is 184 g/mol. The van der Waals surface area contributed by atoms with Crippen LogP contribution in [0.5, 0.6) is 0 Å². The summed E-state index contributed by atoms with van der Waals surface area (Å²) in [4.78, 5) is 10.6. The Morgan fingerprint density at radius 3 is 2.79 bits per heavy atom. The third kappa shape index (κ3) is 2.56. The maximum Gasteiger partial charge on any atom is 0.331 e. The largest absolute Gasteiger partial charge is 0.478 e. The van der Waals surface area contributed by atoms with Crippen molar-refractivity contribution in [2.75, 3.05) is 6.61 Å². The van der Waals surface area contributed by atoms with E-state index in [1.807, 2.05) is 13.8 Å². The summed E-state index contributed by atoms with van der Waals surface area (Å²) in [5.41, 5.74) is 0.291. The molecule has 0 aromatic carbocycles. The molecule has 0 amide bonds. The van der Waals surface area contributed by atoms with Gasteiger partial charge in [0.15, 0.2) is 5.79 Å². The highest BCUT2D eigenvalue weighted by atomic mass is 16.7. The van der Waals surface area contributed by atoms with E-state index in [1.54, 1.807) is 13.0 Å². The molecule has 0 aromatic heterocycles. The molecule has 2 atom stereocenters. The monoisotopic (exact) mass is 200 g/mol. The van der Waals surface area contributed by atoms with Crippen molar-refractivity contribution in [2.45, 2.75) is 39.1 Å². The van der Waals surface area contributed by atoms with Crippen LogP contribution in [0.15, 0.2) is 11.6 Å². The average molecular weight is 200 g/mol. The molecule has 0 spiro atoms. The Kier molecular flexibility index (Phi) is 3.29. The molecule has 1 saturated heterocycles. The topological polar surface area (TPSA) is 55.8 Å². The van der Waals surface area contributed by atoms with Crippen LogP contribution < -0.4 is 0 Å². The number of ether oxygens (including phenoxy) is 2. The first-order valence-electron chi connectivity index (χ1n) is 4.70. The second-order valence-electron chi connectivity index (χ2n) is 3.61. The number of rotatable bonds is 3. The molecule has 0 saturated carbocycles. The summed E-state index contributed by atoms with van der Waals surface area (Å²) in [6.45, 7) is 5.80. The van der Waals surface area contributed by atoms with Crippen LogP contribution in [0.25, 0.3) is 0 Å². The van der Waals surface area contributed by atoms with Crippen molar-refractivity contribution in [3.63, 3.8) is 0 Å². The highest BCUT2D eigenvalue weighted by Gasteiger charge is 2.34. The van der Waals surface area contributed by atoms with Crippen molar-refractivity contribution in [1.29, 1.82) is 0 Å². The number of hydrogen-bond donors (Lipinski definition) is 1. The highest BCUT2D eigenvalue weighted by molar-refractivity contribution is 5.85. The molecule has 1 heterocycles. The van der Waals surface area contributed by atoms with Gasteiger partial charge in [-0.15, -0.1) is 0 Å². The van der Waals surface area contributed by atoms with Crippen LogP contribution in [-0.4, -0.2) is 29.6 Å². The summed E-state index contributed by atoms with van der Waals surface area (Å²) in [6, 6.07) is 0. The van der Waals surface area contributed by atoms with E-state index in [2.05, 4.69) is 0 Å². The lowest BCUT2D eigenvalue weighted by Crippen LogP contribution is -2.25. The van der Waals surface area contributed by atoms with Gasteiger partial charge >= 0.3 is 5.97 Å². The summed E-state index contributed by atoms with van der Waals surface area (Å²) >= 11 is 0. The van der Waals surface area contributed by atoms with E-state index in [4.69, 9.17) is 14.6 Å². The minimum Gasteiger partial charge on any atom is -0.478 e. The van der Waals surface area contributed by atoms with Crippen molar-refractivity contribution >= 4 is 5.97 Å². The van der Waals surface area contributed by atoms with E-state index < -0.39 is 11.8 Å². The zero-order valence-electron chi connectivity index (χ0n) is 8.74. The van der Waals surface area contributed by atoms with Crippen LogP contribution in [0.1, 0.15) is 27.2 Å². The fourth-order valence-electron chi connectivity index (χ4n) is 1.26. The van der Waals surface area contributed by atoms with Crippen LogP contribution in [0, 0.1) is 0 Å². The Balaban J connectivity index is 2.59. The second kappa shape index (κ2) is 4.11. The molecule has 1 N–H and O–H groups in total. The number of aliphatic carboxylic acids is 1. The Labute approximate surface area is 83.5 Å². The third-order valence-corrected chi connectivity index (χ3v) is 2.37. The number of carbonyl (C=O) groups is 1. The predicted molar refractivity (Wildman–Crippen MR) is 50.9 cm³/mol. The molecule has 1 rings (SSSR count). The van der Waals surface area contributed by atoms with E-state index in [-0.39, 0.29) is 6.10 Å². The fraction of sp³-hybridized carbons (Fsp3) is 0.700. The van der Waals surface area contributed by atoms with Gasteiger partial charge < -0.3 is 14.6 Å². The summed E-state index contributed by atoms with van der Waals surface area (Å²) in [5.74, 6) is -1.47. The summed E-state index contributed by atoms with van der Waals surface area (Å²) in [6.07, 6.45) is 2.10. The standard InChI is InChI=1S/C10H16O4/c1-4-10(3)13-6-8(14-10)5-7(2)9(11)12/h5,8H,4,6H2,1-3H3,(H,11,12). The molecule has 0 aliphatic carbocycles. The molecule has 4 nitrogen and oxygen atoms in total. The van der Waals surface area contributed by atoms with Gasteiger partial charge in [-0.05, 0) is 26.3 Å². The van der Waals surface area contributed by atoms with E-state index in [0.29, 0.717) is 12.2 Å². The normalized spacial score (nSPS) is 33.4. The molecule has 0 bridgehead atoms. The van der Waals surface area contributed by atoms with Crippen LogP contribution in [0.4, 0.5) is 0 Å². The second-order valence-corrected chi connectivity index (χ2v) is 3.61. The van der Waals surface area contributed by atoms with Crippen molar-refractivity contribution in [1.82, 2.24) is 0 Å². The molecule has 1 aliphatic rings. The lowest BCUT2D eigenvalue weighted by atomic mass is 10.2. The Bertz CT molecular complexity index is 259. The van der Waals surface area contributed by atoms with Crippen molar-refractivity contribution in [3.05, 3.63) is 11.6 Å². The SMILES string of the molecule is CCC1(C)OCC(C=C(C)C(=O)O)O1. The number of carboxylic acids is 1. The fourth-order valence-corrected chi connectivity index (χ4v) is 1.26. The minimum atomic E-state index is -0.918. The van der Waals surface area contributed by atoms with Gasteiger partial charge in [0, 0.05) is 5.57 Å². The first-order chi connectivity index (χ1) is 6.47. The maximum absolute atomic E-state index is 10.6. The summed E-state index contributed by atoms with van der Waals surface area (Å²) in [7, 11) is 0. The molecule has 2 unspecified atom stereocenters. The summed E-state index contributed by atoms with van der Waals surface area (Å²) in [5, 5.41) is 8.66. The predicted octanol–water partition coefficient (Wildman–Crippen LogP) is 1.56. The van der Waals surface area contributed by atoms with Gasteiger partial charge in [-0.1, -0.05) is 6.92 Å². The van der Waals surface area contributed by atoms with Gasteiger partial charge in [0.1, 0.15) is 6.10 Å². The van der Waals surface area contributed by atoms with Gasteiger partial charge in [0.2, 0.25) is 0 Å². The average Bonchev–Trinajstić information content (AvgIpc) is 2.48. The number of carboxylic acid groups (broad SMARTS) is 1. The first-order valence-corrected chi connectivity index (χ1v) is 4.70. The smallest absolute Gasteiger partial charge is 0.331 e. The Hall–Kier alpha value is -0.870. The maximum atomic E-state index is 10.6. The van der Waals surface area contributed by atoms with Gasteiger partial charge in [0.05, 0.1) is 6.61 Å². The van der Waals surface area contributed by atoms with Crippen LogP contribution in [0.2, 0.25) is 0 Å². The lowest BCUT2D eigenvalue weighted by Gasteiger charge is -2.20. The first kappa shape index (κ1) is 11.2. The molecule has 0 radical (unpaired) electrons. The van der Waals surface area contributed by atoms with E-state index in [0.717, 1.165) is 6.42 Å². The molecule has 1 aliphatic heterocycles. The molecule has 4 heteroatoms. The van der Waals surface area contributed by atoms with Gasteiger partial charge in [-0.3, -0.25) is 0 Å². The highest BCUT2D eigenvalue weighted by Crippen LogP contribution is 2.27. The quantitative estimate of drug-likeness (QED) is 0.702. The zero-order chi connectivity index (χ0) is 10.8. The zero-order valence-corrected chi connectivity index (χ0v) is 8.74. The third-order valence-electron chi connectivity index (χ3n) is 2.37. The number of hydrogen-bond acceptors (Lipinski definition) is 3. The van der Waals surface area contributed by atoms with E-state index in [9.17, 15) is 4.79 Å². The molecule has 0 aromatic rings. The Morgan fingerprint density at radius 1 is 1.71 bits per heavy atom.